The third-order valence-electron chi connectivity index (χ3n) is 3.85. The molecule has 3 rings (SSSR count). The molecular formula is C18H19N3O4. The maximum absolute atomic E-state index is 12.1. The van der Waals surface area contributed by atoms with Crippen LogP contribution in [0, 0.1) is 0 Å². The number of carbonyl (C=O) groups excluding carboxylic acids is 2. The molecule has 1 aliphatic rings. The lowest BCUT2D eigenvalue weighted by Gasteiger charge is -2.21. The van der Waals surface area contributed by atoms with Crippen LogP contribution in [0.3, 0.4) is 0 Å². The Morgan fingerprint density at radius 2 is 1.92 bits per heavy atom. The molecular weight excluding hydrogens is 322 g/mol. The van der Waals surface area contributed by atoms with Crippen molar-refractivity contribution in [3.8, 4) is 11.5 Å². The van der Waals surface area contributed by atoms with Crippen molar-refractivity contribution in [3.63, 3.8) is 0 Å². The summed E-state index contributed by atoms with van der Waals surface area (Å²) < 4.78 is 10.6. The van der Waals surface area contributed by atoms with Gasteiger partial charge in [0.25, 0.3) is 0 Å². The monoisotopic (exact) mass is 341 g/mol. The van der Waals surface area contributed by atoms with Crippen molar-refractivity contribution >= 4 is 17.5 Å². The van der Waals surface area contributed by atoms with Crippen LogP contribution in [0.25, 0.3) is 0 Å². The third-order valence-corrected chi connectivity index (χ3v) is 3.85. The minimum atomic E-state index is -0.138. The Morgan fingerprint density at radius 3 is 2.68 bits per heavy atom. The summed E-state index contributed by atoms with van der Waals surface area (Å²) >= 11 is 0. The van der Waals surface area contributed by atoms with E-state index in [0.717, 1.165) is 5.56 Å². The number of rotatable bonds is 6. The summed E-state index contributed by atoms with van der Waals surface area (Å²) in [6.45, 7) is 2.37. The van der Waals surface area contributed by atoms with Crippen molar-refractivity contribution in [2.45, 2.75) is 19.9 Å². The summed E-state index contributed by atoms with van der Waals surface area (Å²) in [5.41, 5.74) is 1.65. The lowest BCUT2D eigenvalue weighted by molar-refractivity contribution is -0.121. The molecule has 1 aromatic carbocycles. The van der Waals surface area contributed by atoms with Gasteiger partial charge in [0.2, 0.25) is 18.6 Å². The molecule has 2 heterocycles. The van der Waals surface area contributed by atoms with E-state index < -0.39 is 0 Å². The maximum atomic E-state index is 12.1. The van der Waals surface area contributed by atoms with Crippen LogP contribution in [0.2, 0.25) is 0 Å². The molecule has 130 valence electrons. The largest absolute Gasteiger partial charge is 0.454 e. The van der Waals surface area contributed by atoms with Crippen molar-refractivity contribution in [1.29, 1.82) is 0 Å². The zero-order chi connectivity index (χ0) is 17.6. The van der Waals surface area contributed by atoms with Crippen LogP contribution in [0.1, 0.15) is 18.9 Å². The predicted octanol–water partition coefficient (Wildman–Crippen LogP) is 1.87. The molecule has 0 saturated carbocycles. The topological polar surface area (TPSA) is 80.8 Å². The van der Waals surface area contributed by atoms with Crippen molar-refractivity contribution in [3.05, 3.63) is 48.3 Å². The molecule has 7 nitrogen and oxygen atoms in total. The van der Waals surface area contributed by atoms with Crippen LogP contribution >= 0.6 is 0 Å². The van der Waals surface area contributed by atoms with Gasteiger partial charge < -0.3 is 19.7 Å². The van der Waals surface area contributed by atoms with E-state index >= 15 is 0 Å². The molecule has 0 atom stereocenters. The van der Waals surface area contributed by atoms with Gasteiger partial charge in [0.05, 0.1) is 0 Å². The summed E-state index contributed by atoms with van der Waals surface area (Å²) in [6, 6.07) is 8.98. The summed E-state index contributed by atoms with van der Waals surface area (Å²) in [6.07, 6.45) is 3.57. The second-order valence-electron chi connectivity index (χ2n) is 5.59. The Balaban J connectivity index is 1.57. The fourth-order valence-corrected chi connectivity index (χ4v) is 2.52. The van der Waals surface area contributed by atoms with Gasteiger partial charge in [-0.15, -0.1) is 0 Å². The Hall–Kier alpha value is -3.09. The Morgan fingerprint density at radius 1 is 1.16 bits per heavy atom. The first-order valence-electron chi connectivity index (χ1n) is 7.97. The number of amides is 2. The highest BCUT2D eigenvalue weighted by Crippen LogP contribution is 2.35. The molecule has 7 heteroatoms. The van der Waals surface area contributed by atoms with E-state index in [1.807, 2.05) is 12.1 Å². The number of nitrogens with one attached hydrogen (secondary N) is 1. The zero-order valence-electron chi connectivity index (χ0n) is 13.9. The molecule has 25 heavy (non-hydrogen) atoms. The molecule has 0 unspecified atom stereocenters. The van der Waals surface area contributed by atoms with Crippen molar-refractivity contribution in [2.24, 2.45) is 0 Å². The molecule has 0 saturated heterocycles. The minimum Gasteiger partial charge on any atom is -0.454 e. The molecule has 0 fully saturated rings. The standard InChI is InChI=1S/C18H19N3O4/c1-13(22)21(15-2-3-16-17(10-15)25-12-24-16)9-6-18(23)20-11-14-4-7-19-8-5-14/h2-5,7-8,10H,6,9,11-12H2,1H3,(H,20,23). The molecule has 0 radical (unpaired) electrons. The van der Waals surface area contributed by atoms with Gasteiger partial charge in [-0.05, 0) is 29.8 Å². The average molecular weight is 341 g/mol. The number of aromatic nitrogens is 1. The van der Waals surface area contributed by atoms with Gasteiger partial charge in [0.15, 0.2) is 11.5 Å². The van der Waals surface area contributed by atoms with Gasteiger partial charge >= 0.3 is 0 Å². The minimum absolute atomic E-state index is 0.121. The smallest absolute Gasteiger partial charge is 0.231 e. The second kappa shape index (κ2) is 7.65. The van der Waals surface area contributed by atoms with Gasteiger partial charge in [-0.25, -0.2) is 0 Å². The average Bonchev–Trinajstić information content (AvgIpc) is 3.08. The van der Waals surface area contributed by atoms with E-state index in [9.17, 15) is 9.59 Å². The van der Waals surface area contributed by atoms with Gasteiger partial charge in [0, 0.05) is 50.6 Å². The summed E-state index contributed by atoms with van der Waals surface area (Å²) in [7, 11) is 0. The number of fused-ring (bicyclic) bond motifs is 1. The van der Waals surface area contributed by atoms with Crippen molar-refractivity contribution in [2.75, 3.05) is 18.2 Å². The number of ether oxygens (including phenoxy) is 2. The van der Waals surface area contributed by atoms with Gasteiger partial charge in [-0.1, -0.05) is 0 Å². The predicted molar refractivity (Wildman–Crippen MR) is 91.3 cm³/mol. The van der Waals surface area contributed by atoms with Gasteiger partial charge in [0.1, 0.15) is 0 Å². The first kappa shape index (κ1) is 16.8. The number of anilines is 1. The fourth-order valence-electron chi connectivity index (χ4n) is 2.52. The highest BCUT2D eigenvalue weighted by molar-refractivity contribution is 5.92. The Labute approximate surface area is 145 Å². The van der Waals surface area contributed by atoms with E-state index in [1.54, 1.807) is 35.5 Å². The molecule has 0 aliphatic carbocycles. The molecule has 0 bridgehead atoms. The maximum Gasteiger partial charge on any atom is 0.231 e. The van der Waals surface area contributed by atoms with Crippen LogP contribution in [0.15, 0.2) is 42.7 Å². The van der Waals surface area contributed by atoms with E-state index in [2.05, 4.69) is 10.3 Å². The summed E-state index contributed by atoms with van der Waals surface area (Å²) in [5, 5.41) is 2.84. The Bertz CT molecular complexity index is 764. The number of nitrogens with zero attached hydrogens (tertiary/aromatic N) is 2. The van der Waals surface area contributed by atoms with Gasteiger partial charge in [-0.3, -0.25) is 14.6 Å². The van der Waals surface area contributed by atoms with Crippen molar-refractivity contribution < 1.29 is 19.1 Å². The van der Waals surface area contributed by atoms with E-state index in [0.29, 0.717) is 23.7 Å². The second-order valence-corrected chi connectivity index (χ2v) is 5.59. The molecule has 0 spiro atoms. The Kier molecular flexibility index (Phi) is 5.13. The van der Waals surface area contributed by atoms with Crippen LogP contribution in [-0.4, -0.2) is 30.1 Å². The van der Waals surface area contributed by atoms with Crippen molar-refractivity contribution in [1.82, 2.24) is 10.3 Å². The van der Waals surface area contributed by atoms with Crippen LogP contribution in [0.4, 0.5) is 5.69 Å². The highest BCUT2D eigenvalue weighted by Gasteiger charge is 2.18. The third kappa shape index (κ3) is 4.26. The first-order chi connectivity index (χ1) is 12.1. The lowest BCUT2D eigenvalue weighted by Crippen LogP contribution is -2.33. The molecule has 2 amide bonds. The lowest BCUT2D eigenvalue weighted by atomic mass is 10.2. The van der Waals surface area contributed by atoms with Crippen LogP contribution < -0.4 is 19.7 Å². The molecule has 1 N–H and O–H groups in total. The molecule has 1 aromatic heterocycles. The van der Waals surface area contributed by atoms with Crippen LogP contribution in [-0.2, 0) is 16.1 Å². The van der Waals surface area contributed by atoms with Crippen LogP contribution in [0.5, 0.6) is 11.5 Å². The highest BCUT2D eigenvalue weighted by atomic mass is 16.7. The SMILES string of the molecule is CC(=O)N(CCC(=O)NCc1ccncc1)c1ccc2c(c1)OCO2. The number of benzene rings is 1. The first-order valence-corrected chi connectivity index (χ1v) is 7.97. The quantitative estimate of drug-likeness (QED) is 0.867. The van der Waals surface area contributed by atoms with Gasteiger partial charge in [-0.2, -0.15) is 0 Å². The van der Waals surface area contributed by atoms with E-state index in [-0.39, 0.29) is 31.6 Å². The zero-order valence-corrected chi connectivity index (χ0v) is 13.9. The number of carbonyl (C=O) groups is 2. The molecule has 2 aromatic rings. The number of hydrogen-bond donors (Lipinski definition) is 1. The van der Waals surface area contributed by atoms with E-state index in [1.165, 1.54) is 6.92 Å². The van der Waals surface area contributed by atoms with E-state index in [4.69, 9.17) is 9.47 Å². The number of pyridine rings is 1. The normalized spacial score (nSPS) is 11.9. The number of hydrogen-bond acceptors (Lipinski definition) is 5. The summed E-state index contributed by atoms with van der Waals surface area (Å²) in [5.74, 6) is 0.998. The summed E-state index contributed by atoms with van der Waals surface area (Å²) in [4.78, 5) is 29.5. The fraction of sp³-hybridized carbons (Fsp3) is 0.278. The molecule has 1 aliphatic heterocycles.